The molecule has 3 aromatic carbocycles. The monoisotopic (exact) mass is 572 g/mol. The van der Waals surface area contributed by atoms with E-state index in [4.69, 9.17) is 23.7 Å². The molecule has 1 heterocycles. The van der Waals surface area contributed by atoms with Crippen LogP contribution < -0.4 is 19.5 Å². The third kappa shape index (κ3) is 7.34. The van der Waals surface area contributed by atoms with Crippen molar-refractivity contribution in [3.63, 3.8) is 0 Å². The second-order valence-electron chi connectivity index (χ2n) is 9.35. The van der Waals surface area contributed by atoms with Crippen molar-refractivity contribution in [2.24, 2.45) is 0 Å². The predicted octanol–water partition coefficient (Wildman–Crippen LogP) is 5.01. The van der Waals surface area contributed by atoms with Gasteiger partial charge >= 0.3 is 11.9 Å². The number of nitrogens with one attached hydrogen (secondary N) is 1. The number of carbonyl (C=O) groups is 3. The number of hydrogen-bond acceptors (Lipinski definition) is 9. The molecule has 218 valence electrons. The number of methoxy groups -OCH3 is 1. The molecule has 1 aromatic heterocycles. The summed E-state index contributed by atoms with van der Waals surface area (Å²) in [6.45, 7) is 4.01. The van der Waals surface area contributed by atoms with E-state index in [0.717, 1.165) is 16.3 Å². The van der Waals surface area contributed by atoms with Gasteiger partial charge in [-0.05, 0) is 36.8 Å². The highest BCUT2D eigenvalue weighted by molar-refractivity contribution is 5.98. The molecule has 0 spiro atoms. The minimum Gasteiger partial charge on any atom is -0.493 e. The van der Waals surface area contributed by atoms with E-state index in [1.165, 1.54) is 33.2 Å². The summed E-state index contributed by atoms with van der Waals surface area (Å²) < 4.78 is 27.7. The predicted molar refractivity (Wildman–Crippen MR) is 154 cm³/mol. The average molecular weight is 573 g/mol. The number of aromatic nitrogens is 1. The highest BCUT2D eigenvalue weighted by Crippen LogP contribution is 2.32. The largest absolute Gasteiger partial charge is 0.493 e. The topological polar surface area (TPSA) is 122 Å². The van der Waals surface area contributed by atoms with Crippen LogP contribution in [0.3, 0.4) is 0 Å². The maximum atomic E-state index is 13.2. The number of benzene rings is 3. The Labute approximate surface area is 243 Å². The molecule has 0 fully saturated rings. The number of amides is 1. The lowest BCUT2D eigenvalue weighted by molar-refractivity contribution is -0.154. The van der Waals surface area contributed by atoms with Crippen LogP contribution in [0.25, 0.3) is 10.8 Å². The van der Waals surface area contributed by atoms with Gasteiger partial charge in [-0.3, -0.25) is 9.59 Å². The van der Waals surface area contributed by atoms with Gasteiger partial charge in [0, 0.05) is 24.8 Å². The van der Waals surface area contributed by atoms with Gasteiger partial charge in [0.1, 0.15) is 17.9 Å². The van der Waals surface area contributed by atoms with Crippen molar-refractivity contribution < 1.29 is 38.1 Å². The van der Waals surface area contributed by atoms with Crippen LogP contribution in [0.4, 0.5) is 0 Å². The molecule has 3 atom stereocenters. The smallest absolute Gasteiger partial charge is 0.328 e. The van der Waals surface area contributed by atoms with Gasteiger partial charge in [-0.15, -0.1) is 0 Å². The molecular formula is C32H32N2O8. The van der Waals surface area contributed by atoms with Gasteiger partial charge in [-0.2, -0.15) is 0 Å². The van der Waals surface area contributed by atoms with Gasteiger partial charge in [0.2, 0.25) is 6.79 Å². The van der Waals surface area contributed by atoms with E-state index >= 15 is 0 Å². The molecular weight excluding hydrogens is 540 g/mol. The molecule has 0 radical (unpaired) electrons. The first-order valence-electron chi connectivity index (χ1n) is 13.3. The van der Waals surface area contributed by atoms with E-state index in [1.807, 2.05) is 72.8 Å². The van der Waals surface area contributed by atoms with Gasteiger partial charge in [0.05, 0.1) is 7.11 Å². The number of pyridine rings is 1. The highest BCUT2D eigenvalue weighted by atomic mass is 16.7. The molecule has 1 amide bonds. The maximum absolute atomic E-state index is 13.2. The van der Waals surface area contributed by atoms with Gasteiger partial charge < -0.3 is 29.0 Å². The van der Waals surface area contributed by atoms with Crippen LogP contribution in [0, 0.1) is 0 Å². The Kier molecular flexibility index (Phi) is 9.94. The maximum Gasteiger partial charge on any atom is 0.328 e. The molecule has 0 saturated heterocycles. The molecule has 0 aliphatic carbocycles. The lowest BCUT2D eigenvalue weighted by Crippen LogP contribution is -2.42. The molecule has 0 aliphatic rings. The van der Waals surface area contributed by atoms with Crippen molar-refractivity contribution in [1.82, 2.24) is 10.3 Å². The summed E-state index contributed by atoms with van der Waals surface area (Å²) in [7, 11) is 1.39. The van der Waals surface area contributed by atoms with E-state index in [-0.39, 0.29) is 17.2 Å². The zero-order valence-electron chi connectivity index (χ0n) is 23.7. The van der Waals surface area contributed by atoms with Crippen molar-refractivity contribution in [3.8, 4) is 17.2 Å². The zero-order chi connectivity index (χ0) is 30.1. The number of fused-ring (bicyclic) bond motifs is 1. The molecule has 0 unspecified atom stereocenters. The SMILES string of the molecule is COc1ccnc(C(=O)N[C@@H](C)C(=O)O[C@@H](C)[C@H](Oc2ccccc2)c2cccc3ccccc23)c1OCOC(C)=O. The van der Waals surface area contributed by atoms with Gasteiger partial charge in [0.25, 0.3) is 5.91 Å². The standard InChI is InChI=1S/C32H32N2O8/c1-20(34-31(36)28-30(40-19-39-22(3)35)27(38-4)17-18-33-28)32(37)41-21(2)29(42-24-13-6-5-7-14-24)26-16-10-12-23-11-8-9-15-25(23)26/h5-18,20-21,29H,19H2,1-4H3,(H,34,36)/t20-,21-,29-/m0/s1. The van der Waals surface area contributed by atoms with Crippen LogP contribution in [0.15, 0.2) is 85.1 Å². The molecule has 4 rings (SSSR count). The van der Waals surface area contributed by atoms with Crippen molar-refractivity contribution >= 4 is 28.6 Å². The molecule has 10 heteroatoms. The fourth-order valence-corrected chi connectivity index (χ4v) is 4.29. The summed E-state index contributed by atoms with van der Waals surface area (Å²) in [4.78, 5) is 41.5. The second kappa shape index (κ2) is 14.0. The lowest BCUT2D eigenvalue weighted by Gasteiger charge is -2.27. The van der Waals surface area contributed by atoms with Crippen molar-refractivity contribution in [1.29, 1.82) is 0 Å². The Bertz CT molecular complexity index is 1540. The number of hydrogen-bond donors (Lipinski definition) is 1. The Hall–Kier alpha value is -5.12. The number of rotatable bonds is 12. The summed E-state index contributed by atoms with van der Waals surface area (Å²) in [5.74, 6) is -1.18. The van der Waals surface area contributed by atoms with Gasteiger partial charge in [0.15, 0.2) is 23.3 Å². The third-order valence-corrected chi connectivity index (χ3v) is 6.33. The van der Waals surface area contributed by atoms with Crippen LogP contribution in [0.5, 0.6) is 17.2 Å². The number of ether oxygens (including phenoxy) is 5. The van der Waals surface area contributed by atoms with E-state index in [1.54, 1.807) is 6.92 Å². The van der Waals surface area contributed by atoms with Crippen LogP contribution in [0.1, 0.15) is 42.9 Å². The van der Waals surface area contributed by atoms with E-state index in [2.05, 4.69) is 10.3 Å². The first kappa shape index (κ1) is 29.9. The van der Waals surface area contributed by atoms with E-state index < -0.39 is 42.9 Å². The molecule has 1 N–H and O–H groups in total. The van der Waals surface area contributed by atoms with Crippen LogP contribution in [-0.4, -0.2) is 48.9 Å². The van der Waals surface area contributed by atoms with Crippen LogP contribution >= 0.6 is 0 Å². The Balaban J connectivity index is 1.52. The van der Waals surface area contributed by atoms with Crippen molar-refractivity contribution in [2.45, 2.75) is 39.0 Å². The second-order valence-corrected chi connectivity index (χ2v) is 9.35. The first-order valence-corrected chi connectivity index (χ1v) is 13.3. The first-order chi connectivity index (χ1) is 20.3. The minimum atomic E-state index is -1.06. The summed E-state index contributed by atoms with van der Waals surface area (Å²) in [6, 6.07) is 23.5. The molecule has 0 bridgehead atoms. The summed E-state index contributed by atoms with van der Waals surface area (Å²) in [6.07, 6.45) is -0.0279. The summed E-state index contributed by atoms with van der Waals surface area (Å²) >= 11 is 0. The van der Waals surface area contributed by atoms with Crippen LogP contribution in [0.2, 0.25) is 0 Å². The highest BCUT2D eigenvalue weighted by Gasteiger charge is 2.30. The van der Waals surface area contributed by atoms with Crippen molar-refractivity contribution in [2.75, 3.05) is 13.9 Å². The van der Waals surface area contributed by atoms with Gasteiger partial charge in [-0.1, -0.05) is 60.7 Å². The third-order valence-electron chi connectivity index (χ3n) is 6.33. The molecule has 0 saturated carbocycles. The number of carbonyl (C=O) groups excluding carboxylic acids is 3. The Morgan fingerprint density at radius 1 is 0.905 bits per heavy atom. The Morgan fingerprint density at radius 2 is 1.62 bits per heavy atom. The lowest BCUT2D eigenvalue weighted by atomic mass is 9.97. The summed E-state index contributed by atoms with van der Waals surface area (Å²) in [5, 5.41) is 4.58. The van der Waals surface area contributed by atoms with E-state index in [9.17, 15) is 14.4 Å². The minimum absolute atomic E-state index is 0.0417. The zero-order valence-corrected chi connectivity index (χ0v) is 23.7. The molecule has 4 aromatic rings. The van der Waals surface area contributed by atoms with Gasteiger partial charge in [-0.25, -0.2) is 9.78 Å². The van der Waals surface area contributed by atoms with E-state index in [0.29, 0.717) is 5.75 Å². The molecule has 10 nitrogen and oxygen atoms in total. The van der Waals surface area contributed by atoms with Crippen molar-refractivity contribution in [3.05, 3.63) is 96.3 Å². The fourth-order valence-electron chi connectivity index (χ4n) is 4.29. The average Bonchev–Trinajstić information content (AvgIpc) is 2.99. The molecule has 0 aliphatic heterocycles. The molecule has 42 heavy (non-hydrogen) atoms. The fraction of sp³-hybridized carbons (Fsp3) is 0.250. The number of para-hydroxylation sites is 1. The number of esters is 2. The quantitative estimate of drug-likeness (QED) is 0.184. The normalized spacial score (nSPS) is 12.9. The number of nitrogens with zero attached hydrogens (tertiary/aromatic N) is 1. The van der Waals surface area contributed by atoms with Crippen LogP contribution in [-0.2, 0) is 19.1 Å². The summed E-state index contributed by atoms with van der Waals surface area (Å²) in [5.41, 5.74) is 0.694. The Morgan fingerprint density at radius 3 is 2.36 bits per heavy atom.